The fourth-order valence-electron chi connectivity index (χ4n) is 3.09. The minimum atomic E-state index is 0.700. The van der Waals surface area contributed by atoms with Crippen molar-refractivity contribution >= 4 is 5.69 Å². The number of nitrogen functional groups attached to an aromatic ring is 1. The lowest BCUT2D eigenvalue weighted by Crippen LogP contribution is -2.35. The van der Waals surface area contributed by atoms with Crippen molar-refractivity contribution in [3.8, 4) is 5.75 Å². The lowest BCUT2D eigenvalue weighted by molar-refractivity contribution is 0.156. The third-order valence-corrected chi connectivity index (χ3v) is 4.26. The first-order valence-electron chi connectivity index (χ1n) is 7.22. The predicted octanol–water partition coefficient (Wildman–Crippen LogP) is 3.29. The molecule has 0 heterocycles. The first kappa shape index (κ1) is 14.2. The zero-order chi connectivity index (χ0) is 13.8. The Morgan fingerprint density at radius 3 is 2.84 bits per heavy atom. The summed E-state index contributed by atoms with van der Waals surface area (Å²) in [6.45, 7) is 3.30. The van der Waals surface area contributed by atoms with Gasteiger partial charge in [-0.1, -0.05) is 25.8 Å². The highest BCUT2D eigenvalue weighted by molar-refractivity contribution is 5.48. The molecule has 2 atom stereocenters. The third kappa shape index (κ3) is 3.63. The number of benzene rings is 1. The number of nitrogens with zero attached hydrogens (tertiary/aromatic N) is 1. The Balaban J connectivity index is 2.03. The van der Waals surface area contributed by atoms with E-state index in [9.17, 15) is 0 Å². The Bertz CT molecular complexity index is 419. The molecule has 1 aliphatic rings. The largest absolute Gasteiger partial charge is 0.496 e. The number of hydrogen-bond acceptors (Lipinski definition) is 3. The molecule has 0 aliphatic heterocycles. The van der Waals surface area contributed by atoms with Crippen molar-refractivity contribution in [2.75, 3.05) is 19.9 Å². The normalized spacial score (nSPS) is 23.6. The monoisotopic (exact) mass is 262 g/mol. The Morgan fingerprint density at radius 2 is 2.16 bits per heavy atom. The molecule has 3 nitrogen and oxygen atoms in total. The Hall–Kier alpha value is -1.22. The van der Waals surface area contributed by atoms with Crippen LogP contribution in [0.3, 0.4) is 0 Å². The topological polar surface area (TPSA) is 38.5 Å². The molecule has 0 amide bonds. The Labute approximate surface area is 116 Å². The van der Waals surface area contributed by atoms with Crippen LogP contribution in [0.15, 0.2) is 18.2 Å². The van der Waals surface area contributed by atoms with Gasteiger partial charge < -0.3 is 10.5 Å². The van der Waals surface area contributed by atoms with Crippen LogP contribution in [0.2, 0.25) is 0 Å². The zero-order valence-electron chi connectivity index (χ0n) is 12.4. The van der Waals surface area contributed by atoms with Gasteiger partial charge in [-0.3, -0.25) is 4.90 Å². The van der Waals surface area contributed by atoms with Crippen molar-refractivity contribution < 1.29 is 4.74 Å². The van der Waals surface area contributed by atoms with Crippen molar-refractivity contribution in [3.63, 3.8) is 0 Å². The van der Waals surface area contributed by atoms with Crippen molar-refractivity contribution in [2.24, 2.45) is 5.92 Å². The molecule has 2 unspecified atom stereocenters. The molecule has 1 aliphatic carbocycles. The van der Waals surface area contributed by atoms with Gasteiger partial charge in [0.15, 0.2) is 0 Å². The highest BCUT2D eigenvalue weighted by atomic mass is 16.5. The molecule has 1 fully saturated rings. The minimum Gasteiger partial charge on any atom is -0.496 e. The molecule has 2 rings (SSSR count). The summed E-state index contributed by atoms with van der Waals surface area (Å²) in [4.78, 5) is 2.46. The predicted molar refractivity (Wildman–Crippen MR) is 80.3 cm³/mol. The highest BCUT2D eigenvalue weighted by Crippen LogP contribution is 2.29. The number of nitrogens with two attached hydrogens (primary N) is 1. The second kappa shape index (κ2) is 6.29. The van der Waals surface area contributed by atoms with Gasteiger partial charge in [-0.05, 0) is 31.9 Å². The molecule has 106 valence electrons. The van der Waals surface area contributed by atoms with Gasteiger partial charge in [-0.2, -0.15) is 0 Å². The van der Waals surface area contributed by atoms with Crippen LogP contribution in [0.1, 0.15) is 38.2 Å². The molecule has 1 aromatic carbocycles. The average molecular weight is 262 g/mol. The van der Waals surface area contributed by atoms with E-state index in [0.29, 0.717) is 6.04 Å². The summed E-state index contributed by atoms with van der Waals surface area (Å²) in [6.07, 6.45) is 5.37. The third-order valence-electron chi connectivity index (χ3n) is 4.26. The molecule has 1 aromatic rings. The van der Waals surface area contributed by atoms with Crippen molar-refractivity contribution in [1.82, 2.24) is 4.90 Å². The van der Waals surface area contributed by atoms with Gasteiger partial charge in [0.1, 0.15) is 5.75 Å². The fraction of sp³-hybridized carbons (Fsp3) is 0.625. The van der Waals surface area contributed by atoms with Crippen molar-refractivity contribution in [3.05, 3.63) is 23.8 Å². The Kier molecular flexibility index (Phi) is 4.70. The summed E-state index contributed by atoms with van der Waals surface area (Å²) >= 11 is 0. The number of hydrogen-bond donors (Lipinski definition) is 1. The van der Waals surface area contributed by atoms with Crippen LogP contribution in [0.5, 0.6) is 5.75 Å². The van der Waals surface area contributed by atoms with E-state index in [1.165, 1.54) is 31.2 Å². The van der Waals surface area contributed by atoms with E-state index < -0.39 is 0 Å². The van der Waals surface area contributed by atoms with Crippen molar-refractivity contribution in [1.29, 1.82) is 0 Å². The van der Waals surface area contributed by atoms with Crippen LogP contribution in [-0.2, 0) is 6.54 Å². The molecule has 0 saturated heterocycles. The average Bonchev–Trinajstić information content (AvgIpc) is 2.40. The molecular weight excluding hydrogens is 236 g/mol. The maximum Gasteiger partial charge on any atom is 0.125 e. The van der Waals surface area contributed by atoms with E-state index in [1.54, 1.807) is 7.11 Å². The first-order chi connectivity index (χ1) is 9.10. The molecule has 0 spiro atoms. The first-order valence-corrected chi connectivity index (χ1v) is 7.22. The lowest BCUT2D eigenvalue weighted by Gasteiger charge is -2.34. The summed E-state index contributed by atoms with van der Waals surface area (Å²) in [7, 11) is 3.93. The molecular formula is C16H26N2O. The molecule has 0 radical (unpaired) electrons. The van der Waals surface area contributed by atoms with E-state index in [-0.39, 0.29) is 0 Å². The van der Waals surface area contributed by atoms with Gasteiger partial charge in [-0.25, -0.2) is 0 Å². The second-order valence-electron chi connectivity index (χ2n) is 5.91. The Morgan fingerprint density at radius 1 is 1.37 bits per heavy atom. The van der Waals surface area contributed by atoms with Crippen LogP contribution < -0.4 is 10.5 Å². The van der Waals surface area contributed by atoms with Crippen LogP contribution in [-0.4, -0.2) is 25.1 Å². The number of ether oxygens (including phenoxy) is 1. The van der Waals surface area contributed by atoms with E-state index in [4.69, 9.17) is 10.5 Å². The standard InChI is InChI=1S/C16H26N2O/c1-12-5-4-6-15(9-12)18(2)11-13-7-8-14(17)10-16(13)19-3/h7-8,10,12,15H,4-6,9,11,17H2,1-3H3. The van der Waals surface area contributed by atoms with E-state index in [0.717, 1.165) is 23.9 Å². The smallest absolute Gasteiger partial charge is 0.125 e. The van der Waals surface area contributed by atoms with Gasteiger partial charge in [0, 0.05) is 29.9 Å². The number of methoxy groups -OCH3 is 1. The summed E-state index contributed by atoms with van der Waals surface area (Å²) < 4.78 is 5.43. The summed E-state index contributed by atoms with van der Waals surface area (Å²) in [5, 5.41) is 0. The van der Waals surface area contributed by atoms with Crippen molar-refractivity contribution in [2.45, 2.75) is 45.2 Å². The SMILES string of the molecule is COc1cc(N)ccc1CN(C)C1CCCC(C)C1. The molecule has 1 saturated carbocycles. The van der Waals surface area contributed by atoms with Gasteiger partial charge in [0.25, 0.3) is 0 Å². The van der Waals surface area contributed by atoms with Crippen LogP contribution in [0, 0.1) is 5.92 Å². The van der Waals surface area contributed by atoms with E-state index in [1.807, 2.05) is 12.1 Å². The highest BCUT2D eigenvalue weighted by Gasteiger charge is 2.22. The maximum absolute atomic E-state index is 5.80. The van der Waals surface area contributed by atoms with E-state index in [2.05, 4.69) is 24.9 Å². The lowest BCUT2D eigenvalue weighted by atomic mass is 9.86. The molecule has 19 heavy (non-hydrogen) atoms. The van der Waals surface area contributed by atoms with Crippen LogP contribution in [0.25, 0.3) is 0 Å². The quantitative estimate of drug-likeness (QED) is 0.846. The summed E-state index contributed by atoms with van der Waals surface area (Å²) in [5.74, 6) is 1.75. The maximum atomic E-state index is 5.80. The van der Waals surface area contributed by atoms with Gasteiger partial charge in [0.05, 0.1) is 7.11 Å². The zero-order valence-corrected chi connectivity index (χ0v) is 12.4. The van der Waals surface area contributed by atoms with Gasteiger partial charge >= 0.3 is 0 Å². The summed E-state index contributed by atoms with van der Waals surface area (Å²) in [6, 6.07) is 6.64. The minimum absolute atomic E-state index is 0.700. The van der Waals surface area contributed by atoms with Gasteiger partial charge in [-0.15, -0.1) is 0 Å². The fourth-order valence-corrected chi connectivity index (χ4v) is 3.09. The molecule has 3 heteroatoms. The molecule has 0 bridgehead atoms. The van der Waals surface area contributed by atoms with Crippen LogP contribution >= 0.6 is 0 Å². The molecule has 2 N–H and O–H groups in total. The van der Waals surface area contributed by atoms with Crippen LogP contribution in [0.4, 0.5) is 5.69 Å². The second-order valence-corrected chi connectivity index (χ2v) is 5.91. The number of rotatable bonds is 4. The molecule has 0 aromatic heterocycles. The van der Waals surface area contributed by atoms with Gasteiger partial charge in [0.2, 0.25) is 0 Å². The van der Waals surface area contributed by atoms with E-state index >= 15 is 0 Å². The number of anilines is 1. The summed E-state index contributed by atoms with van der Waals surface area (Å²) in [5.41, 5.74) is 7.78.